The second kappa shape index (κ2) is 3.95. The van der Waals surface area contributed by atoms with E-state index in [9.17, 15) is 0 Å². The van der Waals surface area contributed by atoms with Crippen LogP contribution in [0.15, 0.2) is 24.7 Å². The highest BCUT2D eigenvalue weighted by Gasteiger charge is 2.00. The van der Waals surface area contributed by atoms with E-state index in [4.69, 9.17) is 4.74 Å². The van der Waals surface area contributed by atoms with Crippen molar-refractivity contribution in [2.75, 3.05) is 12.4 Å². The quantitative estimate of drug-likeness (QED) is 0.808. The van der Waals surface area contributed by atoms with E-state index < -0.39 is 0 Å². The van der Waals surface area contributed by atoms with Crippen LogP contribution in [0, 0.1) is 0 Å². The molecular weight excluding hydrogens is 194 g/mol. The van der Waals surface area contributed by atoms with Crippen LogP contribution in [-0.4, -0.2) is 26.9 Å². The summed E-state index contributed by atoms with van der Waals surface area (Å²) in [5.41, 5.74) is 0.839. The van der Waals surface area contributed by atoms with E-state index in [2.05, 4.69) is 20.4 Å². The Hall–Kier alpha value is -2.11. The molecule has 0 amide bonds. The van der Waals surface area contributed by atoms with E-state index in [0.29, 0.717) is 11.8 Å². The molecule has 6 heteroatoms. The molecule has 0 radical (unpaired) electrons. The van der Waals surface area contributed by atoms with Crippen LogP contribution in [0.25, 0.3) is 0 Å². The number of rotatable bonds is 3. The predicted molar refractivity (Wildman–Crippen MR) is 55.1 cm³/mol. The lowest BCUT2D eigenvalue weighted by atomic mass is 10.5. The largest absolute Gasteiger partial charge is 0.481 e. The number of anilines is 2. The monoisotopic (exact) mass is 205 g/mol. The molecule has 0 aliphatic rings. The van der Waals surface area contributed by atoms with Gasteiger partial charge < -0.3 is 10.1 Å². The Morgan fingerprint density at radius 3 is 3.00 bits per heavy atom. The van der Waals surface area contributed by atoms with Gasteiger partial charge in [0.05, 0.1) is 19.0 Å². The number of aromatic nitrogens is 4. The van der Waals surface area contributed by atoms with Crippen LogP contribution >= 0.6 is 0 Å². The van der Waals surface area contributed by atoms with E-state index in [-0.39, 0.29) is 0 Å². The Morgan fingerprint density at radius 2 is 2.33 bits per heavy atom. The predicted octanol–water partition coefficient (Wildman–Crippen LogP) is 0.962. The zero-order chi connectivity index (χ0) is 10.7. The van der Waals surface area contributed by atoms with Gasteiger partial charge in [-0.1, -0.05) is 0 Å². The molecule has 0 saturated heterocycles. The van der Waals surface area contributed by atoms with Crippen LogP contribution in [0.5, 0.6) is 5.88 Å². The van der Waals surface area contributed by atoms with Crippen LogP contribution in [-0.2, 0) is 7.05 Å². The minimum Gasteiger partial charge on any atom is -0.481 e. The van der Waals surface area contributed by atoms with Crippen molar-refractivity contribution in [1.29, 1.82) is 0 Å². The van der Waals surface area contributed by atoms with E-state index in [1.807, 2.05) is 13.2 Å². The molecule has 78 valence electrons. The second-order valence-corrected chi connectivity index (χ2v) is 2.95. The summed E-state index contributed by atoms with van der Waals surface area (Å²) in [6.45, 7) is 0. The highest BCUT2D eigenvalue weighted by atomic mass is 16.5. The minimum absolute atomic E-state index is 0.488. The summed E-state index contributed by atoms with van der Waals surface area (Å²) in [4.78, 5) is 8.17. The summed E-state index contributed by atoms with van der Waals surface area (Å²) in [5, 5.41) is 7.04. The first-order valence-electron chi connectivity index (χ1n) is 4.40. The van der Waals surface area contributed by atoms with Gasteiger partial charge in [-0.25, -0.2) is 4.98 Å². The summed E-state index contributed by atoms with van der Waals surface area (Å²) in [6.07, 6.45) is 5.16. The average Bonchev–Trinajstić information content (AvgIpc) is 2.64. The van der Waals surface area contributed by atoms with Crippen molar-refractivity contribution in [2.24, 2.45) is 7.05 Å². The number of hydrogen-bond donors (Lipinski definition) is 1. The standard InChI is InChI=1S/C9H11N5O/c1-14-6-7(5-11-14)12-9-10-4-3-8(13-9)15-2/h3-6H,1-2H3,(H,10,12,13). The van der Waals surface area contributed by atoms with Gasteiger partial charge in [0, 0.05) is 25.5 Å². The van der Waals surface area contributed by atoms with Crippen molar-refractivity contribution in [3.05, 3.63) is 24.7 Å². The first kappa shape index (κ1) is 9.45. The van der Waals surface area contributed by atoms with Gasteiger partial charge in [-0.2, -0.15) is 10.1 Å². The fourth-order valence-corrected chi connectivity index (χ4v) is 1.13. The topological polar surface area (TPSA) is 64.9 Å². The molecule has 0 fully saturated rings. The summed E-state index contributed by atoms with van der Waals surface area (Å²) in [6, 6.07) is 1.69. The third-order valence-corrected chi connectivity index (χ3v) is 1.80. The molecule has 15 heavy (non-hydrogen) atoms. The van der Waals surface area contributed by atoms with Crippen molar-refractivity contribution in [3.63, 3.8) is 0 Å². The number of aryl methyl sites for hydroxylation is 1. The minimum atomic E-state index is 0.488. The van der Waals surface area contributed by atoms with Crippen molar-refractivity contribution in [1.82, 2.24) is 19.7 Å². The van der Waals surface area contributed by atoms with Crippen molar-refractivity contribution < 1.29 is 4.74 Å². The normalized spacial score (nSPS) is 10.0. The Balaban J connectivity index is 2.16. The molecule has 2 aromatic rings. The number of hydrogen-bond acceptors (Lipinski definition) is 5. The first-order chi connectivity index (χ1) is 7.28. The lowest BCUT2D eigenvalue weighted by molar-refractivity contribution is 0.397. The van der Waals surface area contributed by atoms with Crippen LogP contribution in [0.3, 0.4) is 0 Å². The molecule has 2 rings (SSSR count). The van der Waals surface area contributed by atoms with Gasteiger partial charge in [-0.3, -0.25) is 4.68 Å². The van der Waals surface area contributed by atoms with Crippen LogP contribution in [0.2, 0.25) is 0 Å². The van der Waals surface area contributed by atoms with Crippen molar-refractivity contribution in [3.8, 4) is 5.88 Å². The highest BCUT2D eigenvalue weighted by Crippen LogP contribution is 2.13. The lowest BCUT2D eigenvalue weighted by Gasteiger charge is -2.02. The molecule has 0 bridgehead atoms. The van der Waals surface area contributed by atoms with Crippen molar-refractivity contribution in [2.45, 2.75) is 0 Å². The van der Waals surface area contributed by atoms with Gasteiger partial charge >= 0.3 is 0 Å². The van der Waals surface area contributed by atoms with Gasteiger partial charge in [0.1, 0.15) is 0 Å². The Kier molecular flexibility index (Phi) is 2.49. The molecule has 6 nitrogen and oxygen atoms in total. The van der Waals surface area contributed by atoms with E-state index in [0.717, 1.165) is 5.69 Å². The number of methoxy groups -OCH3 is 1. The molecule has 0 atom stereocenters. The molecule has 0 unspecified atom stereocenters. The fourth-order valence-electron chi connectivity index (χ4n) is 1.13. The summed E-state index contributed by atoms with van der Waals surface area (Å²) >= 11 is 0. The third-order valence-electron chi connectivity index (χ3n) is 1.80. The number of ether oxygens (including phenoxy) is 1. The Labute approximate surface area is 86.9 Å². The maximum atomic E-state index is 4.99. The highest BCUT2D eigenvalue weighted by molar-refractivity contribution is 5.50. The van der Waals surface area contributed by atoms with Gasteiger partial charge in [-0.05, 0) is 0 Å². The average molecular weight is 205 g/mol. The summed E-state index contributed by atoms with van der Waals surface area (Å²) < 4.78 is 6.68. The molecule has 1 N–H and O–H groups in total. The van der Waals surface area contributed by atoms with E-state index in [1.54, 1.807) is 30.3 Å². The van der Waals surface area contributed by atoms with Gasteiger partial charge in [0.2, 0.25) is 11.8 Å². The van der Waals surface area contributed by atoms with Gasteiger partial charge in [0.15, 0.2) is 0 Å². The molecule has 0 spiro atoms. The lowest BCUT2D eigenvalue weighted by Crippen LogP contribution is -1.97. The van der Waals surface area contributed by atoms with Crippen molar-refractivity contribution >= 4 is 11.6 Å². The van der Waals surface area contributed by atoms with Gasteiger partial charge in [0.25, 0.3) is 0 Å². The van der Waals surface area contributed by atoms with Crippen LogP contribution < -0.4 is 10.1 Å². The molecular formula is C9H11N5O. The molecule has 0 saturated carbocycles. The molecule has 2 heterocycles. The summed E-state index contributed by atoms with van der Waals surface area (Å²) in [5.74, 6) is 1.01. The SMILES string of the molecule is COc1ccnc(Nc2cnn(C)c2)n1. The molecule has 0 aliphatic carbocycles. The second-order valence-electron chi connectivity index (χ2n) is 2.95. The molecule has 2 aromatic heterocycles. The number of nitrogens with one attached hydrogen (secondary N) is 1. The third kappa shape index (κ3) is 2.22. The van der Waals surface area contributed by atoms with E-state index >= 15 is 0 Å². The van der Waals surface area contributed by atoms with Gasteiger partial charge in [-0.15, -0.1) is 0 Å². The van der Waals surface area contributed by atoms with Crippen LogP contribution in [0.1, 0.15) is 0 Å². The van der Waals surface area contributed by atoms with E-state index in [1.165, 1.54) is 0 Å². The zero-order valence-electron chi connectivity index (χ0n) is 8.51. The molecule has 0 aliphatic heterocycles. The fraction of sp³-hybridized carbons (Fsp3) is 0.222. The van der Waals surface area contributed by atoms with Crippen LogP contribution in [0.4, 0.5) is 11.6 Å². The molecule has 0 aromatic carbocycles. The Bertz CT molecular complexity index is 453. The maximum absolute atomic E-state index is 4.99. The zero-order valence-corrected chi connectivity index (χ0v) is 8.51. The summed E-state index contributed by atoms with van der Waals surface area (Å²) in [7, 11) is 3.41. The first-order valence-corrected chi connectivity index (χ1v) is 4.40. The Morgan fingerprint density at radius 1 is 1.47 bits per heavy atom. The number of nitrogens with zero attached hydrogens (tertiary/aromatic N) is 4. The maximum Gasteiger partial charge on any atom is 0.230 e. The smallest absolute Gasteiger partial charge is 0.230 e.